The van der Waals surface area contributed by atoms with Crippen molar-refractivity contribution in [2.75, 3.05) is 13.6 Å². The van der Waals surface area contributed by atoms with Crippen molar-refractivity contribution in [1.29, 1.82) is 0 Å². The Labute approximate surface area is 428 Å². The Kier molecular flexibility index (Phi) is 11.2. The van der Waals surface area contributed by atoms with Gasteiger partial charge in [0.2, 0.25) is 0 Å². The number of nitrogens with zero attached hydrogens (tertiary/aromatic N) is 1. The van der Waals surface area contributed by atoms with Crippen molar-refractivity contribution in [3.63, 3.8) is 0 Å². The van der Waals surface area contributed by atoms with E-state index in [1.54, 1.807) is 0 Å². The van der Waals surface area contributed by atoms with Gasteiger partial charge >= 0.3 is 0 Å². The molecule has 12 aromatic carbocycles. The highest BCUT2D eigenvalue weighted by atomic mass is 15.1. The first-order valence-corrected chi connectivity index (χ1v) is 26.0. The van der Waals surface area contributed by atoms with Crippen LogP contribution >= 0.6 is 0 Å². The molecule has 0 spiro atoms. The van der Waals surface area contributed by atoms with Gasteiger partial charge in [-0.2, -0.15) is 0 Å². The molecule has 0 radical (unpaired) electrons. The van der Waals surface area contributed by atoms with Crippen molar-refractivity contribution < 1.29 is 0 Å². The Bertz CT molecular complexity index is 4250. The summed E-state index contributed by atoms with van der Waals surface area (Å²) in [6.07, 6.45) is 11.6. The van der Waals surface area contributed by atoms with E-state index in [-0.39, 0.29) is 5.41 Å². The largest absolute Gasteiger partial charge is 0.301 e. The predicted octanol–water partition coefficient (Wildman–Crippen LogP) is 17.6. The third-order valence-electron chi connectivity index (χ3n) is 15.8. The van der Waals surface area contributed by atoms with Gasteiger partial charge in [-0.1, -0.05) is 225 Å². The molecule has 0 fully saturated rings. The van der Waals surface area contributed by atoms with Crippen LogP contribution in [-0.2, 0) is 12.0 Å². The monoisotopic (exact) mass is 935 g/mol. The van der Waals surface area contributed by atoms with Crippen LogP contribution in [0.3, 0.4) is 0 Å². The van der Waals surface area contributed by atoms with Crippen molar-refractivity contribution in [2.24, 2.45) is 0 Å². The molecule has 1 nitrogen and oxygen atoms in total. The smallest absolute Gasteiger partial charge is 0.0231 e. The molecular weight excluding hydrogens is 879 g/mol. The fourth-order valence-corrected chi connectivity index (χ4v) is 12.5. The molecule has 13 rings (SSSR count). The minimum absolute atomic E-state index is 0.277. The molecule has 0 saturated carbocycles. The molecular formula is C72H57N. The fraction of sp³-hybridized carbons (Fsp3) is 0.111. The number of benzene rings is 12. The first-order chi connectivity index (χ1) is 35.9. The van der Waals surface area contributed by atoms with Crippen LogP contribution in [0.15, 0.2) is 231 Å². The van der Waals surface area contributed by atoms with Gasteiger partial charge in [0.05, 0.1) is 0 Å². The highest BCUT2D eigenvalue weighted by molar-refractivity contribution is 6.23. The maximum Gasteiger partial charge on any atom is 0.0231 e. The summed E-state index contributed by atoms with van der Waals surface area (Å²) in [5, 5.41) is 17.9. The van der Waals surface area contributed by atoms with Crippen LogP contribution in [0, 0.1) is 0 Å². The molecule has 1 aliphatic rings. The summed E-state index contributed by atoms with van der Waals surface area (Å²) in [5.74, 6) is 0. The molecule has 1 atom stereocenters. The van der Waals surface area contributed by atoms with E-state index in [0.29, 0.717) is 0 Å². The summed E-state index contributed by atoms with van der Waals surface area (Å²) in [6, 6.07) is 82.2. The van der Waals surface area contributed by atoms with Crippen LogP contribution < -0.4 is 10.4 Å². The summed E-state index contributed by atoms with van der Waals surface area (Å²) in [6.45, 7) is 6.24. The molecule has 0 aromatic heterocycles. The lowest BCUT2D eigenvalue weighted by atomic mass is 9.78. The zero-order valence-electron chi connectivity index (χ0n) is 41.9. The average molecular weight is 936 g/mol. The molecule has 0 N–H and O–H groups in total. The number of hydrogen-bond acceptors (Lipinski definition) is 1. The zero-order chi connectivity index (χ0) is 49.0. The molecule has 1 heteroatoms. The second-order valence-corrected chi connectivity index (χ2v) is 20.6. The van der Waals surface area contributed by atoms with Gasteiger partial charge in [-0.3, -0.25) is 0 Å². The number of rotatable bonds is 10. The lowest BCUT2D eigenvalue weighted by Crippen LogP contribution is -2.35. The molecule has 0 amide bonds. The van der Waals surface area contributed by atoms with Crippen molar-refractivity contribution in [2.45, 2.75) is 38.6 Å². The van der Waals surface area contributed by atoms with Crippen LogP contribution in [-0.4, -0.2) is 18.5 Å². The van der Waals surface area contributed by atoms with E-state index in [4.69, 9.17) is 0 Å². The van der Waals surface area contributed by atoms with Gasteiger partial charge in [0.1, 0.15) is 0 Å². The third kappa shape index (κ3) is 7.93. The number of hydrogen-bond donors (Lipinski definition) is 0. The van der Waals surface area contributed by atoms with Gasteiger partial charge in [0.25, 0.3) is 0 Å². The van der Waals surface area contributed by atoms with E-state index >= 15 is 0 Å². The maximum absolute atomic E-state index is 2.52. The van der Waals surface area contributed by atoms with Crippen molar-refractivity contribution in [3.05, 3.63) is 252 Å². The van der Waals surface area contributed by atoms with Gasteiger partial charge in [-0.25, -0.2) is 0 Å². The number of likely N-dealkylation sites (N-methyl/N-ethyl adjacent to an activating group) is 1. The third-order valence-corrected chi connectivity index (χ3v) is 15.8. The van der Waals surface area contributed by atoms with Crippen molar-refractivity contribution >= 4 is 76.8 Å². The molecule has 0 saturated heterocycles. The second-order valence-electron chi connectivity index (χ2n) is 20.6. The highest BCUT2D eigenvalue weighted by Crippen LogP contribution is 2.47. The lowest BCUT2D eigenvalue weighted by molar-refractivity contribution is 0.277. The molecule has 350 valence electrons. The normalized spacial score (nSPS) is 13.5. The van der Waals surface area contributed by atoms with Gasteiger partial charge in [-0.15, -0.1) is 0 Å². The van der Waals surface area contributed by atoms with E-state index in [9.17, 15) is 0 Å². The minimum Gasteiger partial charge on any atom is -0.301 e. The molecule has 0 heterocycles. The molecule has 73 heavy (non-hydrogen) atoms. The molecule has 1 unspecified atom stereocenters. The summed E-state index contributed by atoms with van der Waals surface area (Å²) in [5.41, 5.74) is 12.5. The first kappa shape index (κ1) is 44.6. The molecule has 0 aliphatic heterocycles. The average Bonchev–Trinajstić information content (AvgIpc) is 3.43. The second kappa shape index (κ2) is 18.4. The molecule has 1 aliphatic carbocycles. The summed E-state index contributed by atoms with van der Waals surface area (Å²) < 4.78 is 0. The number of allylic oxidation sites excluding steroid dienone is 1. The van der Waals surface area contributed by atoms with Crippen LogP contribution in [0.5, 0.6) is 0 Å². The highest BCUT2D eigenvalue weighted by Gasteiger charge is 2.28. The Morgan fingerprint density at radius 2 is 0.822 bits per heavy atom. The lowest BCUT2D eigenvalue weighted by Gasteiger charge is -2.33. The Hall–Kier alpha value is -8.36. The Morgan fingerprint density at radius 3 is 1.36 bits per heavy atom. The summed E-state index contributed by atoms with van der Waals surface area (Å²) in [4.78, 5) is 2.50. The summed E-state index contributed by atoms with van der Waals surface area (Å²) in [7, 11) is 2.28. The van der Waals surface area contributed by atoms with Gasteiger partial charge < -0.3 is 4.90 Å². The Balaban J connectivity index is 0.876. The van der Waals surface area contributed by atoms with E-state index in [1.807, 2.05) is 0 Å². The maximum atomic E-state index is 2.52. The fourth-order valence-electron chi connectivity index (χ4n) is 12.5. The van der Waals surface area contributed by atoms with Gasteiger partial charge in [0, 0.05) is 18.5 Å². The Morgan fingerprint density at radius 1 is 0.397 bits per heavy atom. The molecule has 12 aromatic rings. The van der Waals surface area contributed by atoms with Crippen molar-refractivity contribution in [1.82, 2.24) is 4.90 Å². The topological polar surface area (TPSA) is 3.24 Å². The quantitative estimate of drug-likeness (QED) is 0.0976. The predicted molar refractivity (Wildman–Crippen MR) is 316 cm³/mol. The minimum atomic E-state index is -0.277. The van der Waals surface area contributed by atoms with Crippen LogP contribution in [0.4, 0.5) is 0 Å². The van der Waals surface area contributed by atoms with Gasteiger partial charge in [-0.05, 0) is 182 Å². The van der Waals surface area contributed by atoms with E-state index in [1.165, 1.54) is 131 Å². The first-order valence-electron chi connectivity index (χ1n) is 26.0. The van der Waals surface area contributed by atoms with Crippen molar-refractivity contribution in [3.8, 4) is 44.5 Å². The van der Waals surface area contributed by atoms with E-state index in [2.05, 4.69) is 268 Å². The van der Waals surface area contributed by atoms with E-state index < -0.39 is 0 Å². The molecule has 0 bridgehead atoms. The van der Waals surface area contributed by atoms with E-state index in [0.717, 1.165) is 25.9 Å². The van der Waals surface area contributed by atoms with Gasteiger partial charge in [0.15, 0.2) is 0 Å². The van der Waals surface area contributed by atoms with Crippen LogP contribution in [0.2, 0.25) is 0 Å². The van der Waals surface area contributed by atoms with Crippen LogP contribution in [0.25, 0.3) is 121 Å². The van der Waals surface area contributed by atoms with Crippen LogP contribution in [0.1, 0.15) is 37.8 Å². The SMILES string of the molecule is C/C=C\C(C)(CN(C)Cc1ccc(-c2c3ccccc3c(-c3ccc4c(c3)=CCCC=4)c3ccccc23)cc1)c1ccc2c(-c3ccc4ccccc4c3)c3ccccc3c(-c3ccc4ccccc4c3)c2c1. The standard InChI is InChI=1S/C72H57N/c1-4-41-72(2,47-73(3)46-48-29-31-52(32-30-48)68-60-23-11-13-25-62(60)69(63-26-14-12-24-61(63)68)56-36-33-49-17-5-8-20-53(49)42-56)59-39-40-66-67(45-59)71(58-38-35-51-19-7-10-22-55(51)44-58)65-28-16-15-27-64(65)70(66)57-37-34-50-18-6-9-21-54(50)43-57/h4,6-7,9-45H,5,8,46-47H2,1-3H3/b41-4-. The zero-order valence-corrected chi connectivity index (χ0v) is 41.9. The summed E-state index contributed by atoms with van der Waals surface area (Å²) >= 11 is 0. The number of fused-ring (bicyclic) bond motifs is 7.